The Hall–Kier alpha value is -3.56. The molecular formula is C30H36ClN3O5S. The zero-order valence-electron chi connectivity index (χ0n) is 23.2. The van der Waals surface area contributed by atoms with Gasteiger partial charge in [-0.05, 0) is 41.3 Å². The molecule has 0 radical (unpaired) electrons. The molecule has 8 nitrogen and oxygen atoms in total. The second kappa shape index (κ2) is 14.2. The average molecular weight is 586 g/mol. The first kappa shape index (κ1) is 31.0. The third-order valence-electron chi connectivity index (χ3n) is 6.24. The monoisotopic (exact) mass is 585 g/mol. The molecule has 0 spiro atoms. The number of ether oxygens (including phenoxy) is 1. The van der Waals surface area contributed by atoms with E-state index in [0.717, 1.165) is 21.7 Å². The molecule has 0 heterocycles. The number of nitrogens with zero attached hydrogens (tertiary/aromatic N) is 2. The highest BCUT2D eigenvalue weighted by Gasteiger charge is 2.33. The van der Waals surface area contributed by atoms with Crippen molar-refractivity contribution in [1.29, 1.82) is 0 Å². The highest BCUT2D eigenvalue weighted by molar-refractivity contribution is 7.92. The third-order valence-corrected chi connectivity index (χ3v) is 7.63. The van der Waals surface area contributed by atoms with Crippen LogP contribution in [0.2, 0.25) is 5.02 Å². The van der Waals surface area contributed by atoms with Crippen LogP contribution in [-0.2, 0) is 32.6 Å². The first-order valence-corrected chi connectivity index (χ1v) is 15.2. The van der Waals surface area contributed by atoms with Crippen LogP contribution < -0.4 is 14.4 Å². The van der Waals surface area contributed by atoms with E-state index in [2.05, 4.69) is 5.32 Å². The molecule has 214 valence electrons. The van der Waals surface area contributed by atoms with Crippen molar-refractivity contribution in [2.24, 2.45) is 5.92 Å². The molecule has 0 aliphatic carbocycles. The SMILES string of the molecule is COc1cccc(N(CC(=O)N(Cc2ccc(Cl)cc2)[C@@H](Cc2ccccc2)C(=O)NCC(C)C)S(C)(=O)=O)c1. The summed E-state index contributed by atoms with van der Waals surface area (Å²) in [7, 11) is -2.38. The Labute approximate surface area is 241 Å². The number of benzene rings is 3. The van der Waals surface area contributed by atoms with Gasteiger partial charge in [0.25, 0.3) is 0 Å². The lowest BCUT2D eigenvalue weighted by Gasteiger charge is -2.33. The van der Waals surface area contributed by atoms with Crippen LogP contribution in [-0.4, -0.2) is 57.6 Å². The Morgan fingerprint density at radius 3 is 2.23 bits per heavy atom. The number of halogens is 1. The van der Waals surface area contributed by atoms with E-state index < -0.39 is 28.5 Å². The van der Waals surface area contributed by atoms with Gasteiger partial charge in [-0.1, -0.05) is 74.0 Å². The topological polar surface area (TPSA) is 96.0 Å². The number of hydrogen-bond acceptors (Lipinski definition) is 5. The molecule has 0 saturated heterocycles. The van der Waals surface area contributed by atoms with Crippen molar-refractivity contribution in [3.8, 4) is 5.75 Å². The Bertz CT molecular complexity index is 1380. The van der Waals surface area contributed by atoms with Crippen molar-refractivity contribution < 1.29 is 22.7 Å². The highest BCUT2D eigenvalue weighted by Crippen LogP contribution is 2.24. The first-order chi connectivity index (χ1) is 19.0. The second-order valence-corrected chi connectivity index (χ2v) is 12.3. The van der Waals surface area contributed by atoms with Crippen LogP contribution in [0.4, 0.5) is 5.69 Å². The van der Waals surface area contributed by atoms with E-state index in [-0.39, 0.29) is 30.5 Å². The summed E-state index contributed by atoms with van der Waals surface area (Å²) in [5.74, 6) is -0.182. The van der Waals surface area contributed by atoms with Gasteiger partial charge in [0.05, 0.1) is 19.1 Å². The van der Waals surface area contributed by atoms with Gasteiger partial charge in [-0.3, -0.25) is 13.9 Å². The molecule has 1 atom stereocenters. The largest absolute Gasteiger partial charge is 0.497 e. The minimum absolute atomic E-state index is 0.0817. The zero-order valence-corrected chi connectivity index (χ0v) is 24.8. The van der Waals surface area contributed by atoms with Crippen LogP contribution in [0.15, 0.2) is 78.9 Å². The van der Waals surface area contributed by atoms with Gasteiger partial charge in [-0.2, -0.15) is 0 Å². The van der Waals surface area contributed by atoms with Crippen LogP contribution in [0, 0.1) is 5.92 Å². The fraction of sp³-hybridized carbons (Fsp3) is 0.333. The Morgan fingerprint density at radius 2 is 1.62 bits per heavy atom. The third kappa shape index (κ3) is 8.99. The Balaban J connectivity index is 2.04. The van der Waals surface area contributed by atoms with E-state index in [1.165, 1.54) is 12.0 Å². The van der Waals surface area contributed by atoms with Crippen LogP contribution in [0.25, 0.3) is 0 Å². The summed E-state index contributed by atoms with van der Waals surface area (Å²) >= 11 is 6.09. The van der Waals surface area contributed by atoms with E-state index in [1.807, 2.05) is 44.2 Å². The Kier molecular flexibility index (Phi) is 11.0. The number of anilines is 1. The van der Waals surface area contributed by atoms with Gasteiger partial charge in [-0.25, -0.2) is 8.42 Å². The Morgan fingerprint density at radius 1 is 0.950 bits per heavy atom. The van der Waals surface area contributed by atoms with Crippen molar-refractivity contribution in [2.75, 3.05) is 30.8 Å². The van der Waals surface area contributed by atoms with Crippen molar-refractivity contribution in [2.45, 2.75) is 32.9 Å². The smallest absolute Gasteiger partial charge is 0.244 e. The van der Waals surface area contributed by atoms with E-state index in [1.54, 1.807) is 48.5 Å². The maximum Gasteiger partial charge on any atom is 0.244 e. The summed E-state index contributed by atoms with van der Waals surface area (Å²) in [5, 5.41) is 3.50. The van der Waals surface area contributed by atoms with Gasteiger partial charge in [-0.15, -0.1) is 0 Å². The van der Waals surface area contributed by atoms with Crippen LogP contribution in [0.3, 0.4) is 0 Å². The summed E-state index contributed by atoms with van der Waals surface area (Å²) in [6, 6.07) is 22.0. The van der Waals surface area contributed by atoms with Crippen molar-refractivity contribution in [1.82, 2.24) is 10.2 Å². The lowest BCUT2D eigenvalue weighted by molar-refractivity contribution is -0.140. The molecule has 0 unspecified atom stereocenters. The molecule has 0 aromatic heterocycles. The van der Waals surface area contributed by atoms with Crippen molar-refractivity contribution >= 4 is 39.1 Å². The van der Waals surface area contributed by atoms with E-state index in [4.69, 9.17) is 16.3 Å². The molecular weight excluding hydrogens is 550 g/mol. The molecule has 3 rings (SSSR count). The quantitative estimate of drug-likeness (QED) is 0.318. The molecule has 0 aliphatic rings. The normalized spacial score (nSPS) is 12.1. The minimum atomic E-state index is -3.86. The predicted molar refractivity (Wildman–Crippen MR) is 159 cm³/mol. The molecule has 40 heavy (non-hydrogen) atoms. The highest BCUT2D eigenvalue weighted by atomic mass is 35.5. The molecule has 1 N–H and O–H groups in total. The summed E-state index contributed by atoms with van der Waals surface area (Å²) in [6.45, 7) is 4.00. The fourth-order valence-corrected chi connectivity index (χ4v) is 5.11. The average Bonchev–Trinajstić information content (AvgIpc) is 2.93. The standard InChI is InChI=1S/C30H36ClN3O5S/c1-22(2)19-32-30(36)28(17-23-9-6-5-7-10-23)33(20-24-13-15-25(31)16-14-24)29(35)21-34(40(4,37)38)26-11-8-12-27(18-26)39-3/h5-16,18,22,28H,17,19-21H2,1-4H3,(H,32,36)/t28-/m0/s1. The molecule has 0 fully saturated rings. The number of hydrogen-bond donors (Lipinski definition) is 1. The number of carbonyl (C=O) groups excluding carboxylic acids is 2. The number of carbonyl (C=O) groups is 2. The van der Waals surface area contributed by atoms with Crippen molar-refractivity contribution in [3.63, 3.8) is 0 Å². The summed E-state index contributed by atoms with van der Waals surface area (Å²) in [4.78, 5) is 29.1. The second-order valence-electron chi connectivity index (χ2n) is 9.96. The lowest BCUT2D eigenvalue weighted by Crippen LogP contribution is -2.53. The van der Waals surface area contributed by atoms with Gasteiger partial charge in [0.1, 0.15) is 18.3 Å². The molecule has 0 aliphatic heterocycles. The molecule has 3 aromatic carbocycles. The summed E-state index contributed by atoms with van der Waals surface area (Å²) in [5.41, 5.74) is 1.90. The van der Waals surface area contributed by atoms with Crippen LogP contribution in [0.1, 0.15) is 25.0 Å². The number of nitrogens with one attached hydrogen (secondary N) is 1. The van der Waals surface area contributed by atoms with E-state index in [0.29, 0.717) is 17.3 Å². The molecule has 0 saturated carbocycles. The van der Waals surface area contributed by atoms with Gasteiger partial charge in [0, 0.05) is 30.6 Å². The van der Waals surface area contributed by atoms with Gasteiger partial charge >= 0.3 is 0 Å². The fourth-order valence-electron chi connectivity index (χ4n) is 4.14. The number of rotatable bonds is 13. The van der Waals surface area contributed by atoms with Crippen LogP contribution >= 0.6 is 11.6 Å². The number of amides is 2. The summed E-state index contributed by atoms with van der Waals surface area (Å²) in [6.07, 6.45) is 1.29. The van der Waals surface area contributed by atoms with E-state index in [9.17, 15) is 18.0 Å². The zero-order chi connectivity index (χ0) is 29.3. The predicted octanol–water partition coefficient (Wildman–Crippen LogP) is 4.53. The molecule has 3 aromatic rings. The maximum absolute atomic E-state index is 14.1. The lowest BCUT2D eigenvalue weighted by atomic mass is 10.0. The van der Waals surface area contributed by atoms with Gasteiger partial charge in [0.15, 0.2) is 0 Å². The summed E-state index contributed by atoms with van der Waals surface area (Å²) < 4.78 is 32.0. The number of sulfonamides is 1. The van der Waals surface area contributed by atoms with E-state index >= 15 is 0 Å². The number of methoxy groups -OCH3 is 1. The van der Waals surface area contributed by atoms with Crippen molar-refractivity contribution in [3.05, 3.63) is 95.0 Å². The van der Waals surface area contributed by atoms with Crippen LogP contribution in [0.5, 0.6) is 5.75 Å². The molecule has 2 amide bonds. The maximum atomic E-state index is 14.1. The molecule has 0 bridgehead atoms. The minimum Gasteiger partial charge on any atom is -0.497 e. The van der Waals surface area contributed by atoms with Gasteiger partial charge < -0.3 is 15.0 Å². The first-order valence-electron chi connectivity index (χ1n) is 12.9. The molecule has 10 heteroatoms. The van der Waals surface area contributed by atoms with Gasteiger partial charge in [0.2, 0.25) is 21.8 Å².